The van der Waals surface area contributed by atoms with Gasteiger partial charge in [-0.05, 0) is 35.2 Å². The van der Waals surface area contributed by atoms with Crippen molar-refractivity contribution < 1.29 is 14.3 Å². The maximum Gasteiger partial charge on any atom is 0.167 e. The molecule has 0 atom stereocenters. The first kappa shape index (κ1) is 20.5. The summed E-state index contributed by atoms with van der Waals surface area (Å²) in [5.41, 5.74) is 3.14. The van der Waals surface area contributed by atoms with E-state index in [2.05, 4.69) is 0 Å². The molecule has 27 heavy (non-hydrogen) atoms. The van der Waals surface area contributed by atoms with Crippen LogP contribution in [0.2, 0.25) is 0 Å². The number of nitrogens with zero attached hydrogens (tertiary/aromatic N) is 1. The van der Waals surface area contributed by atoms with Gasteiger partial charge in [-0.3, -0.25) is 9.59 Å². The first-order chi connectivity index (χ1) is 12.5. The van der Waals surface area contributed by atoms with Gasteiger partial charge in [0.15, 0.2) is 5.78 Å². The molecule has 5 heteroatoms. The second-order valence-corrected chi connectivity index (χ2v) is 6.44. The van der Waals surface area contributed by atoms with Gasteiger partial charge < -0.3 is 9.64 Å². The van der Waals surface area contributed by atoms with Crippen molar-refractivity contribution >= 4 is 40.9 Å². The van der Waals surface area contributed by atoms with Gasteiger partial charge >= 0.3 is 0 Å². The molecule has 0 N–H and O–H groups in total. The number of methoxy groups -OCH3 is 1. The van der Waals surface area contributed by atoms with Crippen LogP contribution in [0.4, 0.5) is 5.69 Å². The van der Waals surface area contributed by atoms with Crippen molar-refractivity contribution in [3.05, 3.63) is 71.3 Å². The van der Waals surface area contributed by atoms with Gasteiger partial charge in [-0.1, -0.05) is 30.3 Å². The van der Waals surface area contributed by atoms with Gasteiger partial charge in [0, 0.05) is 42.7 Å². The van der Waals surface area contributed by atoms with Crippen molar-refractivity contribution in [2.24, 2.45) is 0 Å². The lowest BCUT2D eigenvalue weighted by Crippen LogP contribution is -2.11. The number of carbonyl (C=O) groups excluding carboxylic acids is 2. The second kappa shape index (κ2) is 8.69. The van der Waals surface area contributed by atoms with Gasteiger partial charge in [0.2, 0.25) is 0 Å². The van der Waals surface area contributed by atoms with Gasteiger partial charge in [0.25, 0.3) is 0 Å². The van der Waals surface area contributed by atoms with Crippen LogP contribution < -0.4 is 9.64 Å². The number of hydrogen-bond acceptors (Lipinski definition) is 4. The third-order valence-electron chi connectivity index (χ3n) is 4.42. The van der Waals surface area contributed by atoms with Gasteiger partial charge in [0.1, 0.15) is 12.0 Å². The van der Waals surface area contributed by atoms with E-state index in [0.717, 1.165) is 34.1 Å². The Morgan fingerprint density at radius 1 is 1.04 bits per heavy atom. The third-order valence-corrected chi connectivity index (χ3v) is 4.42. The van der Waals surface area contributed by atoms with Gasteiger partial charge in [-0.2, -0.15) is 0 Å². The molecule has 0 spiro atoms. The molecule has 0 aliphatic carbocycles. The van der Waals surface area contributed by atoms with Gasteiger partial charge in [0.05, 0.1) is 7.11 Å². The largest absolute Gasteiger partial charge is 0.497 e. The number of Topliss-reactive ketones (excluding diaryl/α,β-unsaturated/α-hetero) is 1. The van der Waals surface area contributed by atoms with E-state index in [1.807, 2.05) is 61.5 Å². The normalized spacial score (nSPS) is 10.2. The predicted molar refractivity (Wildman–Crippen MR) is 112 cm³/mol. The number of hydrogen-bond donors (Lipinski definition) is 0. The van der Waals surface area contributed by atoms with E-state index >= 15 is 0 Å². The summed E-state index contributed by atoms with van der Waals surface area (Å²) in [6.07, 6.45) is 1.10. The highest BCUT2D eigenvalue weighted by Crippen LogP contribution is 2.31. The number of anilines is 1. The minimum absolute atomic E-state index is 0. The number of benzene rings is 3. The molecule has 0 fully saturated rings. The van der Waals surface area contributed by atoms with E-state index in [1.165, 1.54) is 0 Å². The number of aldehydes is 1. The molecule has 0 saturated carbocycles. The van der Waals surface area contributed by atoms with E-state index in [-0.39, 0.29) is 18.2 Å². The van der Waals surface area contributed by atoms with Crippen molar-refractivity contribution in [2.75, 3.05) is 26.1 Å². The zero-order valence-corrected chi connectivity index (χ0v) is 16.4. The quantitative estimate of drug-likeness (QED) is 0.462. The summed E-state index contributed by atoms with van der Waals surface area (Å²) in [4.78, 5) is 25.5. The fraction of sp³-hybridized carbons (Fsp3) is 0.182. The van der Waals surface area contributed by atoms with E-state index < -0.39 is 0 Å². The molecule has 0 aliphatic rings. The van der Waals surface area contributed by atoms with Crippen molar-refractivity contribution in [1.82, 2.24) is 0 Å². The number of halogens is 1. The highest BCUT2D eigenvalue weighted by atomic mass is 35.5. The van der Waals surface area contributed by atoms with Crippen LogP contribution in [0.25, 0.3) is 10.8 Å². The Morgan fingerprint density at radius 2 is 1.74 bits per heavy atom. The number of rotatable bonds is 6. The zero-order valence-electron chi connectivity index (χ0n) is 15.6. The predicted octanol–water partition coefficient (Wildman–Crippen LogP) is 4.57. The van der Waals surface area contributed by atoms with E-state index in [4.69, 9.17) is 4.74 Å². The lowest BCUT2D eigenvalue weighted by atomic mass is 9.98. The fourth-order valence-electron chi connectivity index (χ4n) is 2.98. The molecule has 0 aromatic heterocycles. The molecule has 0 radical (unpaired) electrons. The van der Waals surface area contributed by atoms with Crippen LogP contribution in [-0.2, 0) is 6.42 Å². The minimum Gasteiger partial charge on any atom is -0.497 e. The van der Waals surface area contributed by atoms with Crippen molar-refractivity contribution in [1.29, 1.82) is 0 Å². The number of carbonyl (C=O) groups is 2. The van der Waals surface area contributed by atoms with Gasteiger partial charge in [-0.25, -0.2) is 0 Å². The standard InChI is InChI=1S/C22H21NO3.ClH/c1-23(2)21-12-18(11-17-8-9-19(26-3)13-20(17)21)22(25)10-15-4-6-16(14-24)7-5-15;/h4-9,11-14H,10H2,1-3H3;1H. The molecule has 4 nitrogen and oxygen atoms in total. The maximum atomic E-state index is 12.8. The van der Waals surface area contributed by atoms with Crippen molar-refractivity contribution in [3.63, 3.8) is 0 Å². The maximum absolute atomic E-state index is 12.8. The highest BCUT2D eigenvalue weighted by molar-refractivity contribution is 6.05. The Morgan fingerprint density at radius 3 is 2.33 bits per heavy atom. The Bertz CT molecular complexity index is 965. The van der Waals surface area contributed by atoms with Crippen LogP contribution >= 0.6 is 12.4 Å². The number of ketones is 1. The summed E-state index contributed by atoms with van der Waals surface area (Å²) in [7, 11) is 5.56. The highest BCUT2D eigenvalue weighted by Gasteiger charge is 2.13. The van der Waals surface area contributed by atoms with E-state index in [9.17, 15) is 9.59 Å². The minimum atomic E-state index is 0. The molecule has 3 aromatic carbocycles. The lowest BCUT2D eigenvalue weighted by Gasteiger charge is -2.18. The fourth-order valence-corrected chi connectivity index (χ4v) is 2.98. The van der Waals surface area contributed by atoms with Crippen LogP contribution in [0.15, 0.2) is 54.6 Å². The Balaban J connectivity index is 0.00000261. The van der Waals surface area contributed by atoms with Crippen LogP contribution in [0.3, 0.4) is 0 Å². The number of fused-ring (bicyclic) bond motifs is 1. The average molecular weight is 384 g/mol. The molecule has 0 aliphatic heterocycles. The summed E-state index contributed by atoms with van der Waals surface area (Å²) >= 11 is 0. The number of ether oxygens (including phenoxy) is 1. The Hall–Kier alpha value is -2.85. The molecule has 0 unspecified atom stereocenters. The van der Waals surface area contributed by atoms with Crippen LogP contribution in [0.5, 0.6) is 5.75 Å². The molecule has 3 rings (SSSR count). The van der Waals surface area contributed by atoms with E-state index in [1.54, 1.807) is 19.2 Å². The smallest absolute Gasteiger partial charge is 0.167 e. The Labute approximate surface area is 165 Å². The summed E-state index contributed by atoms with van der Waals surface area (Å²) in [6, 6.07) is 16.8. The molecule has 0 bridgehead atoms. The first-order valence-electron chi connectivity index (χ1n) is 8.38. The molecule has 140 valence electrons. The third kappa shape index (κ3) is 4.47. The molecule has 0 saturated heterocycles. The molecular formula is C22H22ClNO3. The topological polar surface area (TPSA) is 46.6 Å². The van der Waals surface area contributed by atoms with Crippen molar-refractivity contribution in [3.8, 4) is 5.75 Å². The molecule has 0 amide bonds. The van der Waals surface area contributed by atoms with Crippen molar-refractivity contribution in [2.45, 2.75) is 6.42 Å². The summed E-state index contributed by atoms with van der Waals surface area (Å²) in [5, 5.41) is 2.04. The molecule has 3 aromatic rings. The van der Waals surface area contributed by atoms with Crippen LogP contribution in [0, 0.1) is 0 Å². The van der Waals surface area contributed by atoms with Gasteiger partial charge in [-0.15, -0.1) is 12.4 Å². The summed E-state index contributed by atoms with van der Waals surface area (Å²) in [6.45, 7) is 0. The van der Waals surface area contributed by atoms with Crippen LogP contribution in [-0.4, -0.2) is 33.3 Å². The second-order valence-electron chi connectivity index (χ2n) is 6.44. The Kier molecular flexibility index (Phi) is 6.59. The molecular weight excluding hydrogens is 362 g/mol. The molecule has 0 heterocycles. The average Bonchev–Trinajstić information content (AvgIpc) is 2.67. The summed E-state index contributed by atoms with van der Waals surface area (Å²) in [5.74, 6) is 0.833. The monoisotopic (exact) mass is 383 g/mol. The van der Waals surface area contributed by atoms with E-state index in [0.29, 0.717) is 17.5 Å². The lowest BCUT2D eigenvalue weighted by molar-refractivity contribution is 0.0993. The van der Waals surface area contributed by atoms with Crippen LogP contribution in [0.1, 0.15) is 26.3 Å². The SMILES string of the molecule is COc1ccc2cc(C(=O)Cc3ccc(C=O)cc3)cc(N(C)C)c2c1.Cl. The summed E-state index contributed by atoms with van der Waals surface area (Å²) < 4.78 is 5.32. The first-order valence-corrected chi connectivity index (χ1v) is 8.38. The zero-order chi connectivity index (χ0) is 18.7.